The summed E-state index contributed by atoms with van der Waals surface area (Å²) >= 11 is 0. The molecule has 0 spiro atoms. The third-order valence-corrected chi connectivity index (χ3v) is 4.06. The second-order valence-corrected chi connectivity index (χ2v) is 5.51. The van der Waals surface area contributed by atoms with Crippen molar-refractivity contribution in [1.82, 2.24) is 0 Å². The number of aliphatic hydroxyl groups excluding tert-OH is 1. The van der Waals surface area contributed by atoms with Crippen molar-refractivity contribution in [2.24, 2.45) is 0 Å². The van der Waals surface area contributed by atoms with Gasteiger partial charge in [0.2, 0.25) is 0 Å². The van der Waals surface area contributed by atoms with Gasteiger partial charge in [0.1, 0.15) is 12.4 Å². The monoisotopic (exact) mass is 308 g/mol. The Morgan fingerprint density at radius 1 is 1.17 bits per heavy atom. The number of benzene rings is 2. The number of hydrogen-bond donors (Lipinski definition) is 3. The van der Waals surface area contributed by atoms with Gasteiger partial charge in [-0.05, 0) is 24.3 Å². The number of aliphatic hydroxyl groups is 1. The summed E-state index contributed by atoms with van der Waals surface area (Å²) in [6.07, 6.45) is 0. The number of anilines is 2. The minimum atomic E-state index is -0.128. The first kappa shape index (κ1) is 13.8. The average molecular weight is 308 g/mol. The number of amides is 1. The first-order valence-corrected chi connectivity index (χ1v) is 7.54. The minimum Gasteiger partial charge on any atom is -0.487 e. The molecule has 23 heavy (non-hydrogen) atoms. The predicted molar refractivity (Wildman–Crippen MR) is 88.7 cm³/mol. The van der Waals surface area contributed by atoms with E-state index in [4.69, 9.17) is 9.84 Å². The SMILES string of the molecule is O=C1Nc2ccccc2C1=C1OCc2cc(NCCO)ccc21. The fourth-order valence-corrected chi connectivity index (χ4v) is 3.02. The van der Waals surface area contributed by atoms with E-state index in [2.05, 4.69) is 10.6 Å². The van der Waals surface area contributed by atoms with Gasteiger partial charge < -0.3 is 20.5 Å². The maximum Gasteiger partial charge on any atom is 0.260 e. The molecule has 2 aromatic carbocycles. The van der Waals surface area contributed by atoms with E-state index in [0.717, 1.165) is 28.1 Å². The lowest BCUT2D eigenvalue weighted by Gasteiger charge is -2.07. The highest BCUT2D eigenvalue weighted by molar-refractivity contribution is 6.36. The van der Waals surface area contributed by atoms with E-state index in [0.29, 0.717) is 24.5 Å². The number of carbonyl (C=O) groups excluding carboxylic acids is 1. The summed E-state index contributed by atoms with van der Waals surface area (Å²) in [6, 6.07) is 13.5. The minimum absolute atomic E-state index is 0.0832. The molecule has 0 saturated carbocycles. The van der Waals surface area contributed by atoms with Crippen molar-refractivity contribution < 1.29 is 14.6 Å². The predicted octanol–water partition coefficient (Wildman–Crippen LogP) is 2.44. The standard InChI is InChI=1S/C18H16N2O3/c21-8-7-19-12-5-6-13-11(9-12)10-23-17(13)16-14-3-1-2-4-15(14)20-18(16)22/h1-6,9,19,21H,7-8,10H2,(H,20,22). The summed E-state index contributed by atoms with van der Waals surface area (Å²) in [4.78, 5) is 12.3. The normalized spacial score (nSPS) is 18.2. The number of rotatable bonds is 3. The molecule has 0 bridgehead atoms. The number of ether oxygens (including phenoxy) is 1. The van der Waals surface area contributed by atoms with Crippen molar-refractivity contribution in [2.45, 2.75) is 6.61 Å². The molecule has 0 atom stereocenters. The Balaban J connectivity index is 1.78. The third-order valence-electron chi connectivity index (χ3n) is 4.06. The zero-order valence-corrected chi connectivity index (χ0v) is 12.4. The Bertz CT molecular complexity index is 827. The molecule has 0 saturated heterocycles. The molecule has 0 aromatic heterocycles. The van der Waals surface area contributed by atoms with Crippen LogP contribution < -0.4 is 10.6 Å². The fourth-order valence-electron chi connectivity index (χ4n) is 3.02. The van der Waals surface area contributed by atoms with Gasteiger partial charge in [0.25, 0.3) is 5.91 Å². The highest BCUT2D eigenvalue weighted by Gasteiger charge is 2.32. The molecular formula is C18H16N2O3. The van der Waals surface area contributed by atoms with Gasteiger partial charge in [-0.25, -0.2) is 0 Å². The smallest absolute Gasteiger partial charge is 0.260 e. The molecular weight excluding hydrogens is 292 g/mol. The Morgan fingerprint density at radius 2 is 2.04 bits per heavy atom. The maximum absolute atomic E-state index is 12.3. The number of para-hydroxylation sites is 1. The van der Waals surface area contributed by atoms with Crippen LogP contribution in [0.1, 0.15) is 16.7 Å². The molecule has 3 N–H and O–H groups in total. The van der Waals surface area contributed by atoms with Crippen LogP contribution in [-0.4, -0.2) is 24.2 Å². The molecule has 0 aliphatic carbocycles. The lowest BCUT2D eigenvalue weighted by Crippen LogP contribution is -2.06. The molecule has 5 nitrogen and oxygen atoms in total. The van der Waals surface area contributed by atoms with Crippen LogP contribution in [-0.2, 0) is 16.1 Å². The second kappa shape index (κ2) is 5.44. The zero-order chi connectivity index (χ0) is 15.8. The second-order valence-electron chi connectivity index (χ2n) is 5.51. The molecule has 4 rings (SSSR count). The summed E-state index contributed by atoms with van der Waals surface area (Å²) in [6.45, 7) is 1.03. The van der Waals surface area contributed by atoms with E-state index in [1.165, 1.54) is 0 Å². The van der Waals surface area contributed by atoms with Crippen LogP contribution in [0, 0.1) is 0 Å². The van der Waals surface area contributed by atoms with Gasteiger partial charge in [0.15, 0.2) is 0 Å². The van der Waals surface area contributed by atoms with Gasteiger partial charge in [0, 0.05) is 34.6 Å². The topological polar surface area (TPSA) is 70.6 Å². The lowest BCUT2D eigenvalue weighted by molar-refractivity contribution is -0.110. The maximum atomic E-state index is 12.3. The van der Waals surface area contributed by atoms with Gasteiger partial charge in [-0.3, -0.25) is 4.79 Å². The molecule has 2 aliphatic rings. The van der Waals surface area contributed by atoms with Crippen molar-refractivity contribution in [1.29, 1.82) is 0 Å². The van der Waals surface area contributed by atoms with Crippen molar-refractivity contribution in [3.05, 3.63) is 59.2 Å². The number of nitrogens with one attached hydrogen (secondary N) is 2. The van der Waals surface area contributed by atoms with Crippen LogP contribution in [0.5, 0.6) is 0 Å². The van der Waals surface area contributed by atoms with E-state index >= 15 is 0 Å². The van der Waals surface area contributed by atoms with Crippen molar-refractivity contribution in [2.75, 3.05) is 23.8 Å². The zero-order valence-electron chi connectivity index (χ0n) is 12.4. The summed E-state index contributed by atoms with van der Waals surface area (Å²) in [5.74, 6) is 0.507. The highest BCUT2D eigenvalue weighted by Crippen LogP contribution is 2.41. The van der Waals surface area contributed by atoms with Crippen molar-refractivity contribution in [3.8, 4) is 0 Å². The highest BCUT2D eigenvalue weighted by atomic mass is 16.5. The molecule has 0 fully saturated rings. The molecule has 0 radical (unpaired) electrons. The summed E-state index contributed by atoms with van der Waals surface area (Å²) in [5.41, 5.74) is 5.20. The van der Waals surface area contributed by atoms with E-state index in [-0.39, 0.29) is 12.5 Å². The van der Waals surface area contributed by atoms with Gasteiger partial charge in [-0.1, -0.05) is 18.2 Å². The van der Waals surface area contributed by atoms with E-state index in [1.54, 1.807) is 0 Å². The number of fused-ring (bicyclic) bond motifs is 2. The first-order valence-electron chi connectivity index (χ1n) is 7.54. The summed E-state index contributed by atoms with van der Waals surface area (Å²) < 4.78 is 5.84. The largest absolute Gasteiger partial charge is 0.487 e. The quantitative estimate of drug-likeness (QED) is 0.762. The first-order chi connectivity index (χ1) is 11.3. The molecule has 0 unspecified atom stereocenters. The van der Waals surface area contributed by atoms with Gasteiger partial charge in [-0.2, -0.15) is 0 Å². The van der Waals surface area contributed by atoms with Crippen LogP contribution >= 0.6 is 0 Å². The van der Waals surface area contributed by atoms with E-state index in [1.807, 2.05) is 42.5 Å². The Hall–Kier alpha value is -2.79. The van der Waals surface area contributed by atoms with Gasteiger partial charge >= 0.3 is 0 Å². The summed E-state index contributed by atoms with van der Waals surface area (Å²) in [7, 11) is 0. The van der Waals surface area contributed by atoms with Crippen LogP contribution in [0.15, 0.2) is 42.5 Å². The van der Waals surface area contributed by atoms with Gasteiger partial charge in [-0.15, -0.1) is 0 Å². The number of carbonyl (C=O) groups is 1. The third kappa shape index (κ3) is 2.26. The molecule has 2 aliphatic heterocycles. The number of hydrogen-bond acceptors (Lipinski definition) is 4. The molecule has 1 amide bonds. The molecule has 116 valence electrons. The molecule has 2 heterocycles. The Kier molecular flexibility index (Phi) is 3.28. The van der Waals surface area contributed by atoms with Crippen molar-refractivity contribution >= 4 is 28.6 Å². The van der Waals surface area contributed by atoms with Crippen LogP contribution in [0.2, 0.25) is 0 Å². The lowest BCUT2D eigenvalue weighted by atomic mass is 10.0. The Morgan fingerprint density at radius 3 is 2.91 bits per heavy atom. The van der Waals surface area contributed by atoms with E-state index in [9.17, 15) is 4.79 Å². The summed E-state index contributed by atoms with van der Waals surface area (Å²) in [5, 5.41) is 14.9. The molecule has 5 heteroatoms. The fraction of sp³-hybridized carbons (Fsp3) is 0.167. The van der Waals surface area contributed by atoms with Crippen molar-refractivity contribution in [3.63, 3.8) is 0 Å². The van der Waals surface area contributed by atoms with Crippen LogP contribution in [0.3, 0.4) is 0 Å². The molecule has 2 aromatic rings. The van der Waals surface area contributed by atoms with E-state index < -0.39 is 0 Å². The average Bonchev–Trinajstić information content (AvgIpc) is 3.12. The Labute approximate surface area is 133 Å². The van der Waals surface area contributed by atoms with Crippen LogP contribution in [0.4, 0.5) is 11.4 Å². The van der Waals surface area contributed by atoms with Gasteiger partial charge in [0.05, 0.1) is 12.2 Å². The van der Waals surface area contributed by atoms with Crippen LogP contribution in [0.25, 0.3) is 11.3 Å².